The molecule has 0 radical (unpaired) electrons. The Morgan fingerprint density at radius 3 is 2.41 bits per heavy atom. The molecule has 0 aliphatic heterocycles. The molecule has 0 saturated carbocycles. The second-order valence-corrected chi connectivity index (χ2v) is 5.55. The molecule has 3 heteroatoms. The molecule has 2 aromatic carbocycles. The topological polar surface area (TPSA) is 40.7 Å². The number of benzene rings is 2. The Morgan fingerprint density at radius 1 is 1.00 bits per heavy atom. The highest BCUT2D eigenvalue weighted by molar-refractivity contribution is 5.58. The first kappa shape index (κ1) is 14.5. The van der Waals surface area contributed by atoms with Gasteiger partial charge < -0.3 is 10.3 Å². The fourth-order valence-electron chi connectivity index (χ4n) is 2.47. The number of hydrogen-bond acceptors (Lipinski definition) is 2. The fraction of sp³-hybridized carbons (Fsp3) is 0.211. The van der Waals surface area contributed by atoms with Crippen molar-refractivity contribution in [1.82, 2.24) is 15.3 Å². The third-order valence-corrected chi connectivity index (χ3v) is 3.76. The minimum absolute atomic E-state index is 0.348. The van der Waals surface area contributed by atoms with E-state index in [0.717, 1.165) is 30.2 Å². The van der Waals surface area contributed by atoms with Gasteiger partial charge in [-0.05, 0) is 5.56 Å². The molecule has 22 heavy (non-hydrogen) atoms. The number of aromatic nitrogens is 2. The van der Waals surface area contributed by atoms with Crippen molar-refractivity contribution in [2.75, 3.05) is 6.54 Å². The molecule has 0 amide bonds. The summed E-state index contributed by atoms with van der Waals surface area (Å²) < 4.78 is 0. The van der Waals surface area contributed by atoms with Gasteiger partial charge in [0.2, 0.25) is 0 Å². The van der Waals surface area contributed by atoms with Crippen LogP contribution in [0.1, 0.15) is 24.2 Å². The monoisotopic (exact) mass is 291 g/mol. The summed E-state index contributed by atoms with van der Waals surface area (Å²) >= 11 is 0. The molecule has 1 unspecified atom stereocenters. The highest BCUT2D eigenvalue weighted by Gasteiger charge is 2.10. The van der Waals surface area contributed by atoms with Crippen molar-refractivity contribution in [3.8, 4) is 11.3 Å². The average molecular weight is 291 g/mol. The van der Waals surface area contributed by atoms with E-state index in [-0.39, 0.29) is 0 Å². The average Bonchev–Trinajstić information content (AvgIpc) is 3.07. The van der Waals surface area contributed by atoms with Gasteiger partial charge in [0.1, 0.15) is 5.82 Å². The predicted molar refractivity (Wildman–Crippen MR) is 90.6 cm³/mol. The number of hydrogen-bond donors (Lipinski definition) is 2. The van der Waals surface area contributed by atoms with E-state index >= 15 is 0 Å². The number of nitrogens with zero attached hydrogens (tertiary/aromatic N) is 1. The summed E-state index contributed by atoms with van der Waals surface area (Å²) in [7, 11) is 0. The van der Waals surface area contributed by atoms with E-state index in [0.29, 0.717) is 5.92 Å². The van der Waals surface area contributed by atoms with Gasteiger partial charge in [-0.25, -0.2) is 4.98 Å². The van der Waals surface area contributed by atoms with E-state index < -0.39 is 0 Å². The molecule has 112 valence electrons. The third kappa shape index (κ3) is 3.62. The third-order valence-electron chi connectivity index (χ3n) is 3.76. The summed E-state index contributed by atoms with van der Waals surface area (Å²) in [6, 6.07) is 20.7. The predicted octanol–water partition coefficient (Wildman–Crippen LogP) is 3.97. The molecule has 0 aliphatic rings. The van der Waals surface area contributed by atoms with Crippen LogP contribution in [0.5, 0.6) is 0 Å². The Labute approximate surface area is 131 Å². The maximum atomic E-state index is 4.71. The molecule has 0 aliphatic carbocycles. The second kappa shape index (κ2) is 7.05. The minimum atomic E-state index is 0.348. The zero-order valence-electron chi connectivity index (χ0n) is 12.8. The van der Waals surface area contributed by atoms with Gasteiger partial charge >= 0.3 is 0 Å². The Kier molecular flexibility index (Phi) is 4.66. The summed E-state index contributed by atoms with van der Waals surface area (Å²) in [6.45, 7) is 3.97. The fourth-order valence-corrected chi connectivity index (χ4v) is 2.47. The van der Waals surface area contributed by atoms with Gasteiger partial charge in [-0.2, -0.15) is 0 Å². The molecule has 3 nitrogen and oxygen atoms in total. The summed E-state index contributed by atoms with van der Waals surface area (Å²) in [5.41, 5.74) is 3.46. The SMILES string of the molecule is CC(CNCc1ccccc1)c1nc(-c2ccccc2)c[nH]1. The maximum Gasteiger partial charge on any atom is 0.110 e. The lowest BCUT2D eigenvalue weighted by atomic mass is 10.1. The number of rotatable bonds is 6. The number of nitrogens with one attached hydrogen (secondary N) is 2. The highest BCUT2D eigenvalue weighted by Crippen LogP contribution is 2.19. The first-order chi connectivity index (χ1) is 10.8. The van der Waals surface area contributed by atoms with Gasteiger partial charge in [0.25, 0.3) is 0 Å². The molecule has 3 aromatic rings. The maximum absolute atomic E-state index is 4.71. The second-order valence-electron chi connectivity index (χ2n) is 5.55. The van der Waals surface area contributed by atoms with Gasteiger partial charge in [0, 0.05) is 30.8 Å². The summed E-state index contributed by atoms with van der Waals surface area (Å²) in [5.74, 6) is 1.38. The summed E-state index contributed by atoms with van der Waals surface area (Å²) in [4.78, 5) is 8.01. The van der Waals surface area contributed by atoms with Gasteiger partial charge in [-0.1, -0.05) is 67.6 Å². The van der Waals surface area contributed by atoms with Crippen LogP contribution < -0.4 is 5.32 Å². The molecule has 0 fully saturated rings. The Balaban J connectivity index is 1.57. The van der Waals surface area contributed by atoms with Crippen LogP contribution in [0.15, 0.2) is 66.9 Å². The first-order valence-electron chi connectivity index (χ1n) is 7.68. The van der Waals surface area contributed by atoms with E-state index in [1.54, 1.807) is 0 Å². The molecule has 3 rings (SSSR count). The lowest BCUT2D eigenvalue weighted by Gasteiger charge is -2.10. The molecule has 1 heterocycles. The van der Waals surface area contributed by atoms with Crippen molar-refractivity contribution in [1.29, 1.82) is 0 Å². The molecular formula is C19H21N3. The number of imidazole rings is 1. The van der Waals surface area contributed by atoms with Crippen molar-refractivity contribution < 1.29 is 0 Å². The molecule has 0 spiro atoms. The van der Waals surface area contributed by atoms with Crippen LogP contribution in [-0.4, -0.2) is 16.5 Å². The Morgan fingerprint density at radius 2 is 1.68 bits per heavy atom. The van der Waals surface area contributed by atoms with Crippen LogP contribution in [-0.2, 0) is 6.54 Å². The molecule has 1 atom stereocenters. The normalized spacial score (nSPS) is 12.2. The van der Waals surface area contributed by atoms with E-state index in [1.165, 1.54) is 5.56 Å². The quantitative estimate of drug-likeness (QED) is 0.721. The zero-order valence-corrected chi connectivity index (χ0v) is 12.8. The molecule has 1 aromatic heterocycles. The first-order valence-corrected chi connectivity index (χ1v) is 7.68. The van der Waals surface area contributed by atoms with E-state index in [2.05, 4.69) is 53.6 Å². The molecule has 0 bridgehead atoms. The standard InChI is InChI=1S/C19H21N3/c1-15(12-20-13-16-8-4-2-5-9-16)19-21-14-18(22-19)17-10-6-3-7-11-17/h2-11,14-15,20H,12-13H2,1H3,(H,21,22). The van der Waals surface area contributed by atoms with Crippen LogP contribution in [0.25, 0.3) is 11.3 Å². The van der Waals surface area contributed by atoms with Crippen LogP contribution in [0.4, 0.5) is 0 Å². The van der Waals surface area contributed by atoms with Gasteiger partial charge in [0.05, 0.1) is 5.69 Å². The number of aromatic amines is 1. The van der Waals surface area contributed by atoms with Gasteiger partial charge in [0.15, 0.2) is 0 Å². The molecule has 0 saturated heterocycles. The lowest BCUT2D eigenvalue weighted by molar-refractivity contribution is 0.596. The van der Waals surface area contributed by atoms with E-state index in [4.69, 9.17) is 4.98 Å². The van der Waals surface area contributed by atoms with Crippen molar-refractivity contribution in [3.05, 3.63) is 78.2 Å². The number of H-pyrrole nitrogens is 1. The smallest absolute Gasteiger partial charge is 0.110 e. The molecular weight excluding hydrogens is 270 g/mol. The summed E-state index contributed by atoms with van der Waals surface area (Å²) in [6.07, 6.45) is 1.98. The van der Waals surface area contributed by atoms with Gasteiger partial charge in [-0.15, -0.1) is 0 Å². The lowest BCUT2D eigenvalue weighted by Crippen LogP contribution is -2.20. The van der Waals surface area contributed by atoms with Crippen LogP contribution in [0.3, 0.4) is 0 Å². The van der Waals surface area contributed by atoms with Crippen LogP contribution >= 0.6 is 0 Å². The van der Waals surface area contributed by atoms with E-state index in [1.807, 2.05) is 30.5 Å². The molecule has 2 N–H and O–H groups in total. The largest absolute Gasteiger partial charge is 0.348 e. The van der Waals surface area contributed by atoms with Crippen LogP contribution in [0.2, 0.25) is 0 Å². The van der Waals surface area contributed by atoms with Crippen LogP contribution in [0, 0.1) is 0 Å². The van der Waals surface area contributed by atoms with E-state index in [9.17, 15) is 0 Å². The highest BCUT2D eigenvalue weighted by atomic mass is 14.9. The van der Waals surface area contributed by atoms with Gasteiger partial charge in [-0.3, -0.25) is 0 Å². The summed E-state index contributed by atoms with van der Waals surface area (Å²) in [5, 5.41) is 3.49. The minimum Gasteiger partial charge on any atom is -0.348 e. The van der Waals surface area contributed by atoms with Crippen molar-refractivity contribution in [2.45, 2.75) is 19.4 Å². The Bertz CT molecular complexity index is 689. The zero-order chi connectivity index (χ0) is 15.2. The Hall–Kier alpha value is -2.39. The van der Waals surface area contributed by atoms with Crippen molar-refractivity contribution >= 4 is 0 Å². The van der Waals surface area contributed by atoms with Crippen molar-refractivity contribution in [3.63, 3.8) is 0 Å². The van der Waals surface area contributed by atoms with Crippen molar-refractivity contribution in [2.24, 2.45) is 0 Å².